The van der Waals surface area contributed by atoms with Gasteiger partial charge in [-0.2, -0.15) is 0 Å². The van der Waals surface area contributed by atoms with Crippen LogP contribution < -0.4 is 16.4 Å². The number of nitrogens with one attached hydrogen (secondary N) is 2. The summed E-state index contributed by atoms with van der Waals surface area (Å²) in [6, 6.07) is 13.6. The molecule has 4 heteroatoms. The maximum absolute atomic E-state index is 11.7. The molecule has 94 valence electrons. The number of urea groups is 1. The summed E-state index contributed by atoms with van der Waals surface area (Å²) >= 11 is 0. The van der Waals surface area contributed by atoms with Crippen molar-refractivity contribution in [1.29, 1.82) is 0 Å². The zero-order valence-corrected chi connectivity index (χ0v) is 10.1. The molecule has 0 atom stereocenters. The second-order valence-electron chi connectivity index (χ2n) is 4.05. The summed E-state index contributed by atoms with van der Waals surface area (Å²) in [6.07, 6.45) is 0.781. The third kappa shape index (κ3) is 2.99. The summed E-state index contributed by atoms with van der Waals surface area (Å²) in [5.41, 5.74) is 6.19. The van der Waals surface area contributed by atoms with Gasteiger partial charge in [-0.1, -0.05) is 36.4 Å². The molecule has 0 aliphatic carbocycles. The van der Waals surface area contributed by atoms with E-state index in [0.29, 0.717) is 13.1 Å². The van der Waals surface area contributed by atoms with Gasteiger partial charge in [-0.25, -0.2) is 4.79 Å². The lowest BCUT2D eigenvalue weighted by Gasteiger charge is -2.09. The molecule has 0 heterocycles. The molecule has 2 aromatic carbocycles. The van der Waals surface area contributed by atoms with Gasteiger partial charge in [0.25, 0.3) is 0 Å². The fourth-order valence-corrected chi connectivity index (χ4v) is 1.80. The Kier molecular flexibility index (Phi) is 4.15. The number of rotatable bonds is 4. The summed E-state index contributed by atoms with van der Waals surface area (Å²) in [7, 11) is 0. The van der Waals surface area contributed by atoms with Gasteiger partial charge in [-0.15, -0.1) is 0 Å². The van der Waals surface area contributed by atoms with E-state index in [4.69, 9.17) is 5.73 Å². The molecule has 2 aromatic rings. The average molecular weight is 243 g/mol. The smallest absolute Gasteiger partial charge is 0.319 e. The first kappa shape index (κ1) is 12.4. The molecule has 0 aliphatic heterocycles. The molecule has 0 aromatic heterocycles. The van der Waals surface area contributed by atoms with Crippen molar-refractivity contribution >= 4 is 22.5 Å². The first-order valence-electron chi connectivity index (χ1n) is 6.04. The van der Waals surface area contributed by atoms with Gasteiger partial charge in [-0.05, 0) is 24.4 Å². The lowest BCUT2D eigenvalue weighted by atomic mass is 10.1. The summed E-state index contributed by atoms with van der Waals surface area (Å²) in [5.74, 6) is 0. The van der Waals surface area contributed by atoms with Crippen LogP contribution >= 0.6 is 0 Å². The maximum Gasteiger partial charge on any atom is 0.319 e. The average Bonchev–Trinajstić information content (AvgIpc) is 2.39. The molecule has 0 aliphatic rings. The van der Waals surface area contributed by atoms with Crippen LogP contribution in [0.5, 0.6) is 0 Å². The van der Waals surface area contributed by atoms with Crippen LogP contribution in [0.2, 0.25) is 0 Å². The predicted octanol–water partition coefficient (Wildman–Crippen LogP) is 2.31. The monoisotopic (exact) mass is 243 g/mol. The zero-order chi connectivity index (χ0) is 12.8. The largest absolute Gasteiger partial charge is 0.338 e. The fraction of sp³-hybridized carbons (Fsp3) is 0.214. The molecule has 4 nitrogen and oxygen atoms in total. The maximum atomic E-state index is 11.7. The minimum Gasteiger partial charge on any atom is -0.338 e. The lowest BCUT2D eigenvalue weighted by Crippen LogP contribution is -2.30. The normalized spacial score (nSPS) is 10.3. The van der Waals surface area contributed by atoms with Crippen LogP contribution in [0.3, 0.4) is 0 Å². The van der Waals surface area contributed by atoms with Gasteiger partial charge < -0.3 is 16.4 Å². The lowest BCUT2D eigenvalue weighted by molar-refractivity contribution is 0.252. The van der Waals surface area contributed by atoms with E-state index >= 15 is 0 Å². The minimum atomic E-state index is -0.195. The number of hydrogen-bond donors (Lipinski definition) is 3. The molecule has 2 amide bonds. The van der Waals surface area contributed by atoms with Crippen LogP contribution in [0.4, 0.5) is 10.5 Å². The first-order chi connectivity index (χ1) is 8.81. The Morgan fingerprint density at radius 3 is 2.72 bits per heavy atom. The van der Waals surface area contributed by atoms with Crippen LogP contribution in [0.1, 0.15) is 6.42 Å². The topological polar surface area (TPSA) is 67.1 Å². The Bertz CT molecular complexity index is 534. The number of anilines is 1. The molecule has 0 unspecified atom stereocenters. The van der Waals surface area contributed by atoms with E-state index in [-0.39, 0.29) is 6.03 Å². The molecule has 18 heavy (non-hydrogen) atoms. The molecular weight excluding hydrogens is 226 g/mol. The van der Waals surface area contributed by atoms with Crippen molar-refractivity contribution in [2.75, 3.05) is 18.4 Å². The van der Waals surface area contributed by atoms with Gasteiger partial charge >= 0.3 is 6.03 Å². The number of fused-ring (bicyclic) bond motifs is 1. The molecule has 0 saturated carbocycles. The highest BCUT2D eigenvalue weighted by atomic mass is 16.2. The van der Waals surface area contributed by atoms with Crippen molar-refractivity contribution in [1.82, 2.24) is 5.32 Å². The van der Waals surface area contributed by atoms with Gasteiger partial charge in [-0.3, -0.25) is 0 Å². The highest BCUT2D eigenvalue weighted by molar-refractivity contribution is 6.01. The van der Waals surface area contributed by atoms with E-state index in [2.05, 4.69) is 10.6 Å². The van der Waals surface area contributed by atoms with Crippen molar-refractivity contribution in [3.8, 4) is 0 Å². The Morgan fingerprint density at radius 1 is 1.11 bits per heavy atom. The van der Waals surface area contributed by atoms with E-state index in [9.17, 15) is 4.79 Å². The predicted molar refractivity (Wildman–Crippen MR) is 74.6 cm³/mol. The third-order valence-corrected chi connectivity index (χ3v) is 2.70. The molecule has 0 radical (unpaired) electrons. The molecule has 0 saturated heterocycles. The van der Waals surface area contributed by atoms with E-state index in [1.807, 2.05) is 42.5 Å². The van der Waals surface area contributed by atoms with Crippen molar-refractivity contribution in [3.05, 3.63) is 42.5 Å². The Balaban J connectivity index is 2.09. The van der Waals surface area contributed by atoms with E-state index < -0.39 is 0 Å². The standard InChI is InChI=1S/C14H17N3O/c15-9-4-10-16-14(18)17-13-8-3-6-11-5-1-2-7-12(11)13/h1-3,5-8H,4,9-10,15H2,(H2,16,17,18). The van der Waals surface area contributed by atoms with Gasteiger partial charge in [0.2, 0.25) is 0 Å². The summed E-state index contributed by atoms with van der Waals surface area (Å²) in [4.78, 5) is 11.7. The molecular formula is C14H17N3O. The highest BCUT2D eigenvalue weighted by Crippen LogP contribution is 2.22. The van der Waals surface area contributed by atoms with Gasteiger partial charge in [0.1, 0.15) is 0 Å². The SMILES string of the molecule is NCCCNC(=O)Nc1cccc2ccccc12. The third-order valence-electron chi connectivity index (χ3n) is 2.70. The Hall–Kier alpha value is -2.07. The van der Waals surface area contributed by atoms with Crippen LogP contribution in [-0.2, 0) is 0 Å². The van der Waals surface area contributed by atoms with Crippen molar-refractivity contribution in [3.63, 3.8) is 0 Å². The number of benzene rings is 2. The van der Waals surface area contributed by atoms with E-state index in [1.165, 1.54) is 0 Å². The number of amides is 2. The zero-order valence-electron chi connectivity index (χ0n) is 10.1. The molecule has 0 bridgehead atoms. The first-order valence-corrected chi connectivity index (χ1v) is 6.04. The van der Waals surface area contributed by atoms with Gasteiger partial charge in [0.05, 0.1) is 5.69 Å². The van der Waals surface area contributed by atoms with Crippen LogP contribution in [0.15, 0.2) is 42.5 Å². The van der Waals surface area contributed by atoms with Crippen LogP contribution in [0, 0.1) is 0 Å². The number of hydrogen-bond acceptors (Lipinski definition) is 2. The molecule has 0 spiro atoms. The molecule has 4 N–H and O–H groups in total. The summed E-state index contributed by atoms with van der Waals surface area (Å²) in [6.45, 7) is 1.17. The number of nitrogens with two attached hydrogens (primary N) is 1. The number of carbonyl (C=O) groups is 1. The highest BCUT2D eigenvalue weighted by Gasteiger charge is 2.03. The van der Waals surface area contributed by atoms with Gasteiger partial charge in [0, 0.05) is 11.9 Å². The van der Waals surface area contributed by atoms with E-state index in [0.717, 1.165) is 22.9 Å². The van der Waals surface area contributed by atoms with Crippen LogP contribution in [-0.4, -0.2) is 19.1 Å². The second-order valence-corrected chi connectivity index (χ2v) is 4.05. The van der Waals surface area contributed by atoms with Crippen molar-refractivity contribution < 1.29 is 4.79 Å². The van der Waals surface area contributed by atoms with Crippen molar-refractivity contribution in [2.45, 2.75) is 6.42 Å². The Labute approximate surface area is 106 Å². The minimum absolute atomic E-state index is 0.195. The van der Waals surface area contributed by atoms with E-state index in [1.54, 1.807) is 0 Å². The number of carbonyl (C=O) groups excluding carboxylic acids is 1. The van der Waals surface area contributed by atoms with Gasteiger partial charge in [0.15, 0.2) is 0 Å². The fourth-order valence-electron chi connectivity index (χ4n) is 1.80. The Morgan fingerprint density at radius 2 is 1.89 bits per heavy atom. The summed E-state index contributed by atoms with van der Waals surface area (Å²) in [5, 5.41) is 7.76. The second kappa shape index (κ2) is 6.02. The quantitative estimate of drug-likeness (QED) is 0.721. The van der Waals surface area contributed by atoms with Crippen molar-refractivity contribution in [2.24, 2.45) is 5.73 Å². The molecule has 2 rings (SSSR count). The van der Waals surface area contributed by atoms with Crippen LogP contribution in [0.25, 0.3) is 10.8 Å². The summed E-state index contributed by atoms with van der Waals surface area (Å²) < 4.78 is 0. The molecule has 0 fully saturated rings.